The zero-order valence-electron chi connectivity index (χ0n) is 17.3. The van der Waals surface area contributed by atoms with E-state index in [0.29, 0.717) is 12.5 Å². The van der Waals surface area contributed by atoms with E-state index in [1.165, 1.54) is 18.2 Å². The monoisotopic (exact) mass is 384 g/mol. The van der Waals surface area contributed by atoms with Crippen LogP contribution >= 0.6 is 0 Å². The minimum absolute atomic E-state index is 0.0352. The molecule has 1 unspecified atom stereocenters. The Morgan fingerprint density at radius 2 is 1.93 bits per heavy atom. The highest BCUT2D eigenvalue weighted by Gasteiger charge is 2.56. The number of hydrogen-bond donors (Lipinski definition) is 0. The van der Waals surface area contributed by atoms with E-state index in [-0.39, 0.29) is 24.2 Å². The van der Waals surface area contributed by atoms with Gasteiger partial charge in [-0.05, 0) is 29.9 Å². The standard InChI is InChI=1S/C23H32N2O3/c1-5-12-25-21(26)15-20(22(27)28-4)23(25)10-13-24(14-11-23)16-18-6-8-19(9-7-18)17(2)3/h5-9,17,20H,1,10-16H2,2-4H3. The van der Waals surface area contributed by atoms with Crippen LogP contribution in [-0.2, 0) is 20.9 Å². The van der Waals surface area contributed by atoms with Crippen molar-refractivity contribution in [3.63, 3.8) is 0 Å². The van der Waals surface area contributed by atoms with Crippen molar-refractivity contribution in [3.8, 4) is 0 Å². The molecule has 5 nitrogen and oxygen atoms in total. The molecule has 0 saturated carbocycles. The lowest BCUT2D eigenvalue weighted by molar-refractivity contribution is -0.150. The van der Waals surface area contributed by atoms with E-state index in [2.05, 4.69) is 49.6 Å². The predicted molar refractivity (Wildman–Crippen MR) is 110 cm³/mol. The second kappa shape index (κ2) is 8.48. The lowest BCUT2D eigenvalue weighted by Crippen LogP contribution is -2.57. The molecule has 0 bridgehead atoms. The van der Waals surface area contributed by atoms with Gasteiger partial charge in [-0.2, -0.15) is 0 Å². The van der Waals surface area contributed by atoms with Gasteiger partial charge in [0.25, 0.3) is 0 Å². The molecule has 3 rings (SSSR count). The van der Waals surface area contributed by atoms with Crippen molar-refractivity contribution in [2.45, 2.75) is 51.1 Å². The maximum atomic E-state index is 12.6. The molecular weight excluding hydrogens is 352 g/mol. The number of piperidine rings is 1. The number of ether oxygens (including phenoxy) is 1. The van der Waals surface area contributed by atoms with Gasteiger partial charge in [0.15, 0.2) is 0 Å². The number of carbonyl (C=O) groups excluding carboxylic acids is 2. The van der Waals surface area contributed by atoms with Gasteiger partial charge >= 0.3 is 5.97 Å². The topological polar surface area (TPSA) is 49.9 Å². The third-order valence-corrected chi connectivity index (χ3v) is 6.44. The maximum absolute atomic E-state index is 12.6. The van der Waals surface area contributed by atoms with E-state index in [9.17, 15) is 9.59 Å². The highest BCUT2D eigenvalue weighted by molar-refractivity contribution is 5.89. The number of methoxy groups -OCH3 is 1. The summed E-state index contributed by atoms with van der Waals surface area (Å²) in [4.78, 5) is 29.3. The normalized spacial score (nSPS) is 22.1. The summed E-state index contributed by atoms with van der Waals surface area (Å²) in [6, 6.07) is 8.83. The Hall–Kier alpha value is -2.14. The minimum Gasteiger partial charge on any atom is -0.469 e. The third-order valence-electron chi connectivity index (χ3n) is 6.44. The molecule has 152 valence electrons. The van der Waals surface area contributed by atoms with E-state index in [4.69, 9.17) is 4.74 Å². The number of hydrogen-bond acceptors (Lipinski definition) is 4. The summed E-state index contributed by atoms with van der Waals surface area (Å²) in [6.07, 6.45) is 3.58. The van der Waals surface area contributed by atoms with E-state index in [1.54, 1.807) is 6.08 Å². The van der Waals surface area contributed by atoms with Gasteiger partial charge in [0.2, 0.25) is 5.91 Å². The second-order valence-corrected chi connectivity index (χ2v) is 8.35. The van der Waals surface area contributed by atoms with Crippen LogP contribution in [0, 0.1) is 5.92 Å². The summed E-state index contributed by atoms with van der Waals surface area (Å²) in [5.41, 5.74) is 2.22. The third kappa shape index (κ3) is 3.86. The van der Waals surface area contributed by atoms with Gasteiger partial charge in [-0.1, -0.05) is 44.2 Å². The number of benzene rings is 1. The average molecular weight is 385 g/mol. The first kappa shape index (κ1) is 20.6. The zero-order valence-corrected chi connectivity index (χ0v) is 17.3. The Morgan fingerprint density at radius 1 is 1.29 bits per heavy atom. The van der Waals surface area contributed by atoms with Gasteiger partial charge < -0.3 is 9.64 Å². The molecule has 1 spiro atoms. The minimum atomic E-state index is -0.434. The first-order chi connectivity index (χ1) is 13.4. The number of carbonyl (C=O) groups is 2. The Balaban J connectivity index is 1.70. The van der Waals surface area contributed by atoms with Gasteiger partial charge in [-0.3, -0.25) is 14.5 Å². The molecule has 1 aromatic rings. The molecule has 2 heterocycles. The number of amides is 1. The molecule has 0 N–H and O–H groups in total. The van der Waals surface area contributed by atoms with Gasteiger partial charge in [-0.15, -0.1) is 6.58 Å². The highest BCUT2D eigenvalue weighted by Crippen LogP contribution is 2.44. The Kier molecular flexibility index (Phi) is 6.23. The summed E-state index contributed by atoms with van der Waals surface area (Å²) in [6.45, 7) is 11.3. The number of likely N-dealkylation sites (tertiary alicyclic amines) is 2. The van der Waals surface area contributed by atoms with Crippen molar-refractivity contribution in [1.29, 1.82) is 0 Å². The SMILES string of the molecule is C=CCN1C(=O)CC(C(=O)OC)C12CCN(Cc1ccc(C(C)C)cc1)CC2. The van der Waals surface area contributed by atoms with E-state index < -0.39 is 5.54 Å². The Labute approximate surface area is 168 Å². The molecule has 1 aromatic carbocycles. The van der Waals surface area contributed by atoms with Crippen LogP contribution in [0.5, 0.6) is 0 Å². The van der Waals surface area contributed by atoms with Crippen LogP contribution in [0.25, 0.3) is 0 Å². The molecule has 0 aliphatic carbocycles. The number of nitrogens with zero attached hydrogens (tertiary/aromatic N) is 2. The van der Waals surface area contributed by atoms with Crippen LogP contribution in [0.1, 0.15) is 50.2 Å². The van der Waals surface area contributed by atoms with Crippen LogP contribution in [0.4, 0.5) is 0 Å². The molecule has 2 aliphatic heterocycles. The average Bonchev–Trinajstić information content (AvgIpc) is 2.96. The van der Waals surface area contributed by atoms with E-state index in [1.807, 2.05) is 4.90 Å². The van der Waals surface area contributed by atoms with Gasteiger partial charge in [-0.25, -0.2) is 0 Å². The van der Waals surface area contributed by atoms with Crippen LogP contribution in [0.3, 0.4) is 0 Å². The van der Waals surface area contributed by atoms with Crippen molar-refractivity contribution < 1.29 is 14.3 Å². The first-order valence-electron chi connectivity index (χ1n) is 10.2. The van der Waals surface area contributed by atoms with Crippen LogP contribution < -0.4 is 0 Å². The molecule has 2 fully saturated rings. The van der Waals surface area contributed by atoms with Crippen molar-refractivity contribution in [1.82, 2.24) is 9.80 Å². The first-order valence-corrected chi connectivity index (χ1v) is 10.2. The molecule has 1 amide bonds. The number of esters is 1. The Bertz CT molecular complexity index is 718. The Morgan fingerprint density at radius 3 is 2.46 bits per heavy atom. The highest BCUT2D eigenvalue weighted by atomic mass is 16.5. The fourth-order valence-corrected chi connectivity index (χ4v) is 4.75. The summed E-state index contributed by atoms with van der Waals surface area (Å²) in [5.74, 6) is -0.0713. The summed E-state index contributed by atoms with van der Waals surface area (Å²) in [5, 5.41) is 0. The predicted octanol–water partition coefficient (Wildman–Crippen LogP) is 3.35. The molecule has 2 saturated heterocycles. The maximum Gasteiger partial charge on any atom is 0.311 e. The molecule has 5 heteroatoms. The largest absolute Gasteiger partial charge is 0.469 e. The summed E-state index contributed by atoms with van der Waals surface area (Å²) >= 11 is 0. The van der Waals surface area contributed by atoms with Crippen molar-refractivity contribution in [3.05, 3.63) is 48.0 Å². The molecule has 0 aromatic heterocycles. The van der Waals surface area contributed by atoms with Crippen molar-refractivity contribution >= 4 is 11.9 Å². The van der Waals surface area contributed by atoms with Gasteiger partial charge in [0.05, 0.1) is 18.6 Å². The van der Waals surface area contributed by atoms with Crippen LogP contribution in [0.2, 0.25) is 0 Å². The van der Waals surface area contributed by atoms with Gasteiger partial charge in [0, 0.05) is 32.6 Å². The second-order valence-electron chi connectivity index (χ2n) is 8.35. The molecule has 2 aliphatic rings. The van der Waals surface area contributed by atoms with Crippen LogP contribution in [0.15, 0.2) is 36.9 Å². The van der Waals surface area contributed by atoms with Crippen molar-refractivity contribution in [2.75, 3.05) is 26.7 Å². The number of rotatable bonds is 6. The van der Waals surface area contributed by atoms with E-state index in [0.717, 1.165) is 32.5 Å². The molecule has 1 atom stereocenters. The lowest BCUT2D eigenvalue weighted by Gasteiger charge is -2.46. The smallest absolute Gasteiger partial charge is 0.311 e. The fourth-order valence-electron chi connectivity index (χ4n) is 4.75. The molecular formula is C23H32N2O3. The summed E-state index contributed by atoms with van der Waals surface area (Å²) < 4.78 is 5.03. The quantitative estimate of drug-likeness (QED) is 0.557. The van der Waals surface area contributed by atoms with Gasteiger partial charge in [0.1, 0.15) is 0 Å². The van der Waals surface area contributed by atoms with Crippen molar-refractivity contribution in [2.24, 2.45) is 5.92 Å². The molecule has 0 radical (unpaired) electrons. The summed E-state index contributed by atoms with van der Waals surface area (Å²) in [7, 11) is 1.41. The van der Waals surface area contributed by atoms with Crippen LogP contribution in [-0.4, -0.2) is 54.0 Å². The molecule has 28 heavy (non-hydrogen) atoms. The lowest BCUT2D eigenvalue weighted by atomic mass is 9.76. The van der Waals surface area contributed by atoms with E-state index >= 15 is 0 Å². The fraction of sp³-hybridized carbons (Fsp3) is 0.565. The zero-order chi connectivity index (χ0) is 20.3.